The third-order valence-corrected chi connectivity index (χ3v) is 8.53. The van der Waals surface area contributed by atoms with Gasteiger partial charge in [-0.1, -0.05) is 36.3 Å². The van der Waals surface area contributed by atoms with Gasteiger partial charge in [-0.05, 0) is 54.5 Å². The molecule has 0 amide bonds. The molecule has 1 unspecified atom stereocenters. The van der Waals surface area contributed by atoms with Crippen molar-refractivity contribution >= 4 is 25.5 Å². The van der Waals surface area contributed by atoms with Gasteiger partial charge in [-0.25, -0.2) is 16.8 Å². The minimum absolute atomic E-state index is 0.0790. The Morgan fingerprint density at radius 1 is 0.800 bits per heavy atom. The largest absolute Gasteiger partial charge is 0.433 e. The predicted molar refractivity (Wildman–Crippen MR) is 134 cm³/mol. The number of aliphatic hydroxyl groups is 1. The van der Waals surface area contributed by atoms with Gasteiger partial charge in [0.05, 0.1) is 21.9 Å². The standard InChI is InChI=1S/C26H21F6NO5S2/c1-39(35,36)22-12-10-19(11-13-22)14-15-24(34,26(30,31)32)20-6-5-7-21(18-20)33(17-16-25(27,28)29)40(37,38)23-8-3-2-4-9-23/h2-13,18,34H,16-17H2,1H3. The van der Waals surface area contributed by atoms with E-state index in [1.54, 1.807) is 5.92 Å². The quantitative estimate of drug-likeness (QED) is 0.301. The Labute approximate surface area is 226 Å². The second-order valence-corrected chi connectivity index (χ2v) is 12.4. The first-order valence-corrected chi connectivity index (χ1v) is 14.6. The third kappa shape index (κ3) is 7.15. The smallest absolute Gasteiger partial charge is 0.366 e. The van der Waals surface area contributed by atoms with E-state index in [2.05, 4.69) is 5.92 Å². The van der Waals surface area contributed by atoms with Crippen molar-refractivity contribution in [3.63, 3.8) is 0 Å². The molecule has 3 aromatic carbocycles. The van der Waals surface area contributed by atoms with Gasteiger partial charge in [0.15, 0.2) is 9.84 Å². The molecule has 40 heavy (non-hydrogen) atoms. The maximum absolute atomic E-state index is 14.1. The lowest BCUT2D eigenvalue weighted by atomic mass is 9.92. The van der Waals surface area contributed by atoms with Crippen LogP contribution in [0.15, 0.2) is 88.7 Å². The normalized spacial score (nSPS) is 14.1. The lowest BCUT2D eigenvalue weighted by Gasteiger charge is -2.29. The van der Waals surface area contributed by atoms with E-state index in [1.165, 1.54) is 18.2 Å². The third-order valence-electron chi connectivity index (χ3n) is 5.56. The van der Waals surface area contributed by atoms with E-state index in [0.717, 1.165) is 60.9 Å². The lowest BCUT2D eigenvalue weighted by Crippen LogP contribution is -2.41. The lowest BCUT2D eigenvalue weighted by molar-refractivity contribution is -0.240. The zero-order valence-corrected chi connectivity index (χ0v) is 22.2. The Balaban J connectivity index is 2.12. The number of nitrogens with zero attached hydrogens (tertiary/aromatic N) is 1. The van der Waals surface area contributed by atoms with Gasteiger partial charge in [-0.3, -0.25) is 4.31 Å². The highest BCUT2D eigenvalue weighted by atomic mass is 32.2. The van der Waals surface area contributed by atoms with Gasteiger partial charge >= 0.3 is 12.4 Å². The first-order chi connectivity index (χ1) is 18.3. The number of hydrogen-bond acceptors (Lipinski definition) is 5. The predicted octanol–water partition coefficient (Wildman–Crippen LogP) is 5.04. The molecule has 0 radical (unpaired) electrons. The highest BCUT2D eigenvalue weighted by Crippen LogP contribution is 2.40. The topological polar surface area (TPSA) is 91.8 Å². The van der Waals surface area contributed by atoms with Crippen LogP contribution in [0.4, 0.5) is 32.0 Å². The Hall–Kier alpha value is -3.54. The molecule has 3 aromatic rings. The number of sulfone groups is 1. The van der Waals surface area contributed by atoms with E-state index in [-0.39, 0.29) is 10.5 Å². The molecule has 0 aliphatic heterocycles. The zero-order chi connectivity index (χ0) is 30.0. The van der Waals surface area contributed by atoms with Crippen molar-refractivity contribution in [2.45, 2.75) is 34.2 Å². The van der Waals surface area contributed by atoms with E-state index >= 15 is 0 Å². The molecule has 14 heteroatoms. The number of halogens is 6. The summed E-state index contributed by atoms with van der Waals surface area (Å²) < 4.78 is 131. The highest BCUT2D eigenvalue weighted by molar-refractivity contribution is 7.92. The summed E-state index contributed by atoms with van der Waals surface area (Å²) in [6, 6.07) is 14.2. The van der Waals surface area contributed by atoms with Gasteiger partial charge in [0.25, 0.3) is 10.0 Å². The molecular weight excluding hydrogens is 584 g/mol. The molecule has 0 spiro atoms. The summed E-state index contributed by atoms with van der Waals surface area (Å²) in [7, 11) is -8.25. The fourth-order valence-corrected chi connectivity index (χ4v) is 5.59. The van der Waals surface area contributed by atoms with Gasteiger partial charge < -0.3 is 5.11 Å². The number of benzene rings is 3. The molecule has 0 saturated carbocycles. The average molecular weight is 606 g/mol. The summed E-state index contributed by atoms with van der Waals surface area (Å²) in [6.07, 6.45) is -10.9. The fraction of sp³-hybridized carbons (Fsp3) is 0.231. The maximum Gasteiger partial charge on any atom is 0.433 e. The summed E-state index contributed by atoms with van der Waals surface area (Å²) in [5.41, 5.74) is -5.46. The van der Waals surface area contributed by atoms with Crippen LogP contribution in [0.5, 0.6) is 0 Å². The summed E-state index contributed by atoms with van der Waals surface area (Å²) in [6.45, 7) is -1.15. The van der Waals surface area contributed by atoms with Crippen LogP contribution in [-0.4, -0.2) is 47.1 Å². The molecule has 0 fully saturated rings. The number of rotatable bonds is 7. The Bertz CT molecular complexity index is 1630. The van der Waals surface area contributed by atoms with Crippen molar-refractivity contribution in [3.8, 4) is 11.8 Å². The Morgan fingerprint density at radius 2 is 1.40 bits per heavy atom. The van der Waals surface area contributed by atoms with Crippen molar-refractivity contribution in [1.82, 2.24) is 0 Å². The molecule has 3 rings (SSSR count). The summed E-state index contributed by atoms with van der Waals surface area (Å²) in [5.74, 6) is 3.83. The highest BCUT2D eigenvalue weighted by Gasteiger charge is 2.54. The molecular formula is C26H21F6NO5S2. The molecule has 0 aliphatic rings. The van der Waals surface area contributed by atoms with Gasteiger partial charge in [0, 0.05) is 23.9 Å². The van der Waals surface area contributed by atoms with Crippen molar-refractivity contribution in [1.29, 1.82) is 0 Å². The molecule has 6 nitrogen and oxygen atoms in total. The van der Waals surface area contributed by atoms with Crippen LogP contribution in [0.3, 0.4) is 0 Å². The second kappa shape index (κ2) is 11.1. The molecule has 0 saturated heterocycles. The van der Waals surface area contributed by atoms with Gasteiger partial charge in [0.2, 0.25) is 5.60 Å². The van der Waals surface area contributed by atoms with Crippen LogP contribution < -0.4 is 4.31 Å². The van der Waals surface area contributed by atoms with Crippen LogP contribution in [0.2, 0.25) is 0 Å². The second-order valence-electron chi connectivity index (χ2n) is 8.56. The zero-order valence-electron chi connectivity index (χ0n) is 20.5. The van der Waals surface area contributed by atoms with Crippen molar-refractivity contribution in [2.75, 3.05) is 17.1 Å². The minimum atomic E-state index is -5.43. The summed E-state index contributed by atoms with van der Waals surface area (Å²) >= 11 is 0. The SMILES string of the molecule is CS(=O)(=O)c1ccc(C#CC(O)(c2cccc(N(CCC(F)(F)F)S(=O)(=O)c3ccccc3)c2)C(F)(F)F)cc1. The molecule has 214 valence electrons. The summed E-state index contributed by atoms with van der Waals surface area (Å²) in [5, 5.41) is 10.7. The van der Waals surface area contributed by atoms with E-state index in [9.17, 15) is 48.3 Å². The van der Waals surface area contributed by atoms with Crippen molar-refractivity contribution < 1.29 is 48.3 Å². The molecule has 1 N–H and O–H groups in total. The molecule has 0 aliphatic carbocycles. The minimum Gasteiger partial charge on any atom is -0.366 e. The van der Waals surface area contributed by atoms with Gasteiger partial charge in [-0.2, -0.15) is 26.3 Å². The van der Waals surface area contributed by atoms with Gasteiger partial charge in [-0.15, -0.1) is 0 Å². The van der Waals surface area contributed by atoms with E-state index in [1.807, 2.05) is 0 Å². The van der Waals surface area contributed by atoms with Crippen LogP contribution in [0.25, 0.3) is 0 Å². The first kappa shape index (κ1) is 31.0. The molecule has 0 aromatic heterocycles. The maximum atomic E-state index is 14.1. The van der Waals surface area contributed by atoms with Crippen LogP contribution in [0.1, 0.15) is 17.5 Å². The van der Waals surface area contributed by atoms with Crippen LogP contribution in [0, 0.1) is 11.8 Å². The van der Waals surface area contributed by atoms with E-state index in [4.69, 9.17) is 0 Å². The average Bonchev–Trinajstić information content (AvgIpc) is 2.86. The summed E-state index contributed by atoms with van der Waals surface area (Å²) in [4.78, 5) is -0.513. The van der Waals surface area contributed by atoms with E-state index in [0.29, 0.717) is 10.4 Å². The number of anilines is 1. The number of alkyl halides is 6. The Kier molecular flexibility index (Phi) is 8.64. The molecule has 1 atom stereocenters. The van der Waals surface area contributed by atoms with E-state index < -0.39 is 66.9 Å². The first-order valence-electron chi connectivity index (χ1n) is 11.2. The van der Waals surface area contributed by atoms with Crippen LogP contribution in [-0.2, 0) is 25.5 Å². The molecule has 0 bridgehead atoms. The number of hydrogen-bond donors (Lipinski definition) is 1. The Morgan fingerprint density at radius 3 is 1.93 bits per heavy atom. The monoisotopic (exact) mass is 605 g/mol. The van der Waals surface area contributed by atoms with Crippen LogP contribution >= 0.6 is 0 Å². The fourth-order valence-electron chi connectivity index (χ4n) is 3.48. The van der Waals surface area contributed by atoms with Crippen molar-refractivity contribution in [3.05, 3.63) is 90.0 Å². The van der Waals surface area contributed by atoms with Crippen molar-refractivity contribution in [2.24, 2.45) is 0 Å². The number of sulfonamides is 1. The molecule has 0 heterocycles. The van der Waals surface area contributed by atoms with Gasteiger partial charge in [0.1, 0.15) is 0 Å².